The molecule has 0 aliphatic heterocycles. The third kappa shape index (κ3) is 8.97. The van der Waals surface area contributed by atoms with Crippen molar-refractivity contribution in [1.29, 1.82) is 0 Å². The monoisotopic (exact) mass is 109 g/mol. The Bertz CT molecular complexity index is 6.00. The molecule has 1 nitrogen and oxygen atoms in total. The van der Waals surface area contributed by atoms with Gasteiger partial charge >= 0.3 is 51.4 Å². The predicted octanol–water partition coefficient (Wildman–Crippen LogP) is -4.40. The molecular formula is CH3K2O. The van der Waals surface area contributed by atoms with Crippen LogP contribution < -0.4 is 56.5 Å². The summed E-state index contributed by atoms with van der Waals surface area (Å²) >= 11 is 0. The van der Waals surface area contributed by atoms with Crippen LogP contribution in [0.4, 0.5) is 0 Å². The summed E-state index contributed by atoms with van der Waals surface area (Å²) in [5.41, 5.74) is 0. The molecule has 0 aromatic carbocycles. The second kappa shape index (κ2) is 16.3. The molecule has 1 radical (unpaired) electrons. The smallest absolute Gasteiger partial charge is 0.857 e. The summed E-state index contributed by atoms with van der Waals surface area (Å²) < 4.78 is 0. The van der Waals surface area contributed by atoms with Crippen LogP contribution in [0.1, 0.15) is 0 Å². The van der Waals surface area contributed by atoms with Crippen molar-refractivity contribution >= 4 is 51.4 Å². The van der Waals surface area contributed by atoms with Gasteiger partial charge in [-0.05, 0) is 0 Å². The first-order valence-electron chi connectivity index (χ1n) is 0.408. The van der Waals surface area contributed by atoms with Gasteiger partial charge in [0.25, 0.3) is 0 Å². The van der Waals surface area contributed by atoms with E-state index in [-0.39, 0.29) is 103 Å². The van der Waals surface area contributed by atoms with Gasteiger partial charge in [-0.1, -0.05) is 0 Å². The molecule has 0 aromatic rings. The first kappa shape index (κ1) is 15.7. The molecule has 4 heavy (non-hydrogen) atoms. The van der Waals surface area contributed by atoms with Crippen molar-refractivity contribution in [2.24, 2.45) is 0 Å². The van der Waals surface area contributed by atoms with Crippen LogP contribution in [0.15, 0.2) is 0 Å². The second-order valence-corrected chi connectivity index (χ2v) is 0. The minimum absolute atomic E-state index is 0. The molecule has 0 aliphatic rings. The van der Waals surface area contributed by atoms with Crippen molar-refractivity contribution in [3.63, 3.8) is 0 Å². The molecule has 0 saturated heterocycles. The van der Waals surface area contributed by atoms with Gasteiger partial charge in [0, 0.05) is 51.4 Å². The van der Waals surface area contributed by atoms with Crippen LogP contribution in [-0.2, 0) is 0 Å². The number of rotatable bonds is 0. The Hall–Kier alpha value is 3.23. The number of hydrogen-bond acceptors (Lipinski definition) is 1. The molecule has 0 N–H and O–H groups in total. The van der Waals surface area contributed by atoms with Gasteiger partial charge in [0.15, 0.2) is 0 Å². The molecule has 0 unspecified atom stereocenters. The quantitative estimate of drug-likeness (QED) is 0.288. The van der Waals surface area contributed by atoms with Crippen molar-refractivity contribution in [3.8, 4) is 0 Å². The molecule has 0 saturated carbocycles. The fourth-order valence-corrected chi connectivity index (χ4v) is 0. The van der Waals surface area contributed by atoms with Crippen molar-refractivity contribution in [1.82, 2.24) is 0 Å². The average Bonchev–Trinajstić information content (AvgIpc) is 1.00. The van der Waals surface area contributed by atoms with Crippen molar-refractivity contribution in [3.05, 3.63) is 0 Å². The molecule has 0 amide bonds. The van der Waals surface area contributed by atoms with E-state index in [1.165, 1.54) is 0 Å². The molecule has 0 aromatic heterocycles. The van der Waals surface area contributed by atoms with E-state index in [1.54, 1.807) is 0 Å². The maximum atomic E-state index is 8.25. The topological polar surface area (TPSA) is 23.1 Å². The van der Waals surface area contributed by atoms with E-state index in [0.29, 0.717) is 0 Å². The molecule has 3 heteroatoms. The van der Waals surface area contributed by atoms with Gasteiger partial charge in [-0.25, -0.2) is 0 Å². The number of hydrogen-bond donors (Lipinski definition) is 0. The maximum Gasteiger partial charge on any atom is 1.00 e. The van der Waals surface area contributed by atoms with E-state index in [9.17, 15) is 0 Å². The molecule has 0 atom stereocenters. The van der Waals surface area contributed by atoms with Gasteiger partial charge in [-0.15, -0.1) is 0 Å². The van der Waals surface area contributed by atoms with Crippen molar-refractivity contribution in [2.45, 2.75) is 0 Å². The summed E-state index contributed by atoms with van der Waals surface area (Å²) in [5, 5.41) is 8.25. The van der Waals surface area contributed by atoms with Crippen LogP contribution in [0, 0.1) is 0 Å². The summed E-state index contributed by atoms with van der Waals surface area (Å²) in [5.74, 6) is 0. The third-order valence-electron chi connectivity index (χ3n) is 0. The van der Waals surface area contributed by atoms with Crippen LogP contribution in [0.2, 0.25) is 0 Å². The Balaban J connectivity index is -0.00000000500. The Morgan fingerprint density at radius 3 is 1.25 bits per heavy atom. The maximum absolute atomic E-state index is 8.25. The summed E-state index contributed by atoms with van der Waals surface area (Å²) in [6.45, 7) is 0. The van der Waals surface area contributed by atoms with Gasteiger partial charge in [0.05, 0.1) is 0 Å². The van der Waals surface area contributed by atoms with E-state index in [1.807, 2.05) is 0 Å². The fourth-order valence-electron chi connectivity index (χ4n) is 0. The molecule has 0 rings (SSSR count). The minimum atomic E-state index is 0. The zero-order valence-corrected chi connectivity index (χ0v) is 9.65. The van der Waals surface area contributed by atoms with Crippen LogP contribution in [0.5, 0.6) is 0 Å². The molecule has 0 heterocycles. The standard InChI is InChI=1S/CH3O.2K/c1-2;;/h1H3;;/q-1;;+1. The molecule has 0 spiro atoms. The molecular weight excluding hydrogens is 106 g/mol. The first-order chi connectivity index (χ1) is 1.00. The van der Waals surface area contributed by atoms with Gasteiger partial charge < -0.3 is 5.11 Å². The molecule has 0 bridgehead atoms. The predicted molar refractivity (Wildman–Crippen MR) is 11.7 cm³/mol. The van der Waals surface area contributed by atoms with Crippen molar-refractivity contribution < 1.29 is 56.5 Å². The zero-order valence-electron chi connectivity index (χ0n) is 3.41. The zero-order chi connectivity index (χ0) is 2.00. The van der Waals surface area contributed by atoms with E-state index < -0.39 is 0 Å². The van der Waals surface area contributed by atoms with E-state index in [2.05, 4.69) is 0 Å². The van der Waals surface area contributed by atoms with E-state index in [0.717, 1.165) is 7.11 Å². The fraction of sp³-hybridized carbons (Fsp3) is 1.00. The summed E-state index contributed by atoms with van der Waals surface area (Å²) in [6.07, 6.45) is 0. The normalized spacial score (nSPS) is 1.50. The van der Waals surface area contributed by atoms with Gasteiger partial charge in [0.2, 0.25) is 0 Å². The van der Waals surface area contributed by atoms with Gasteiger partial charge in [-0.2, -0.15) is 7.11 Å². The van der Waals surface area contributed by atoms with Crippen LogP contribution >= 0.6 is 0 Å². The van der Waals surface area contributed by atoms with E-state index in [4.69, 9.17) is 5.11 Å². The van der Waals surface area contributed by atoms with Crippen LogP contribution in [0.3, 0.4) is 0 Å². The van der Waals surface area contributed by atoms with Crippen molar-refractivity contribution in [2.75, 3.05) is 7.11 Å². The first-order valence-corrected chi connectivity index (χ1v) is 0.408. The van der Waals surface area contributed by atoms with Crippen LogP contribution in [-0.4, -0.2) is 58.5 Å². The Morgan fingerprint density at radius 2 is 1.25 bits per heavy atom. The van der Waals surface area contributed by atoms with E-state index >= 15 is 0 Å². The molecule has 0 aliphatic carbocycles. The van der Waals surface area contributed by atoms with Gasteiger partial charge in [-0.3, -0.25) is 0 Å². The largest absolute Gasteiger partial charge is 1.00 e. The third-order valence-corrected chi connectivity index (χ3v) is 0. The summed E-state index contributed by atoms with van der Waals surface area (Å²) in [6, 6.07) is 0. The minimum Gasteiger partial charge on any atom is -0.857 e. The SMILES string of the molecule is C[O-].[K+].[K]. The Kier molecular flexibility index (Phi) is 64.0. The molecule has 15 valence electrons. The Labute approximate surface area is 111 Å². The summed E-state index contributed by atoms with van der Waals surface area (Å²) in [7, 11) is 0.750. The molecule has 0 fully saturated rings. The van der Waals surface area contributed by atoms with Crippen LogP contribution in [0.25, 0.3) is 0 Å². The Morgan fingerprint density at radius 1 is 1.25 bits per heavy atom. The van der Waals surface area contributed by atoms with Gasteiger partial charge in [0.1, 0.15) is 0 Å². The average molecular weight is 109 g/mol. The summed E-state index contributed by atoms with van der Waals surface area (Å²) in [4.78, 5) is 0. The second-order valence-electron chi connectivity index (χ2n) is 0.